The summed E-state index contributed by atoms with van der Waals surface area (Å²) in [6.45, 7) is 0. The number of carbonyl (C=O) groups is 1. The van der Waals surface area contributed by atoms with Gasteiger partial charge in [0.05, 0.1) is 17.2 Å². The van der Waals surface area contributed by atoms with Gasteiger partial charge >= 0.3 is 0 Å². The summed E-state index contributed by atoms with van der Waals surface area (Å²) in [5.74, 6) is -1.08. The summed E-state index contributed by atoms with van der Waals surface area (Å²) in [4.78, 5) is 11.8. The maximum atomic E-state index is 13.4. The van der Waals surface area contributed by atoms with Crippen molar-refractivity contribution >= 4 is 11.6 Å². The topological polar surface area (TPSA) is 52.9 Å². The molecule has 0 unspecified atom stereocenters. The summed E-state index contributed by atoms with van der Waals surface area (Å²) in [6.07, 6.45) is 0. The highest BCUT2D eigenvalue weighted by Gasteiger charge is 2.10. The van der Waals surface area contributed by atoms with Gasteiger partial charge in [0, 0.05) is 5.69 Å². The van der Waals surface area contributed by atoms with Gasteiger partial charge in [0.25, 0.3) is 5.91 Å². The number of carbonyl (C=O) groups excluding carboxylic acids is 1. The van der Waals surface area contributed by atoms with Gasteiger partial charge < -0.3 is 5.32 Å². The minimum atomic E-state index is -0.566. The SMILES string of the molecule is N#Cc1ccc(NC(=O)c2ccccc2F)cc1. The summed E-state index contributed by atoms with van der Waals surface area (Å²) in [6, 6.07) is 14.1. The number of hydrogen-bond donors (Lipinski definition) is 1. The zero-order valence-electron chi connectivity index (χ0n) is 9.35. The van der Waals surface area contributed by atoms with Crippen molar-refractivity contribution in [3.8, 4) is 6.07 Å². The first kappa shape index (κ1) is 11.8. The van der Waals surface area contributed by atoms with Crippen LogP contribution in [0.25, 0.3) is 0 Å². The van der Waals surface area contributed by atoms with Crippen LogP contribution in [-0.4, -0.2) is 5.91 Å². The van der Waals surface area contributed by atoms with Crippen molar-refractivity contribution in [2.75, 3.05) is 5.32 Å². The number of halogens is 1. The highest BCUT2D eigenvalue weighted by Crippen LogP contribution is 2.12. The molecule has 0 saturated carbocycles. The van der Waals surface area contributed by atoms with Crippen molar-refractivity contribution < 1.29 is 9.18 Å². The molecule has 0 bridgehead atoms. The molecular formula is C14H9FN2O. The van der Waals surface area contributed by atoms with Gasteiger partial charge in [0.2, 0.25) is 0 Å². The Bertz CT molecular complexity index is 614. The van der Waals surface area contributed by atoms with Gasteiger partial charge in [-0.15, -0.1) is 0 Å². The molecule has 4 heteroatoms. The van der Waals surface area contributed by atoms with E-state index < -0.39 is 11.7 Å². The molecular weight excluding hydrogens is 231 g/mol. The van der Waals surface area contributed by atoms with Crippen LogP contribution in [0.2, 0.25) is 0 Å². The van der Waals surface area contributed by atoms with Crippen molar-refractivity contribution in [3.05, 3.63) is 65.5 Å². The van der Waals surface area contributed by atoms with Gasteiger partial charge in [0.1, 0.15) is 5.82 Å². The van der Waals surface area contributed by atoms with Gasteiger partial charge in [0.15, 0.2) is 0 Å². The lowest BCUT2D eigenvalue weighted by atomic mass is 10.2. The first-order chi connectivity index (χ1) is 8.70. The number of nitrogens with one attached hydrogen (secondary N) is 1. The van der Waals surface area contributed by atoms with Crippen molar-refractivity contribution in [3.63, 3.8) is 0 Å². The predicted molar refractivity (Wildman–Crippen MR) is 65.5 cm³/mol. The van der Waals surface area contributed by atoms with E-state index in [1.54, 1.807) is 30.3 Å². The smallest absolute Gasteiger partial charge is 0.258 e. The quantitative estimate of drug-likeness (QED) is 0.877. The molecule has 1 N–H and O–H groups in total. The Hall–Kier alpha value is -2.67. The Balaban J connectivity index is 2.17. The normalized spacial score (nSPS) is 9.56. The van der Waals surface area contributed by atoms with Crippen molar-refractivity contribution in [1.29, 1.82) is 5.26 Å². The van der Waals surface area contributed by atoms with Crippen LogP contribution >= 0.6 is 0 Å². The molecule has 2 aromatic rings. The lowest BCUT2D eigenvalue weighted by Gasteiger charge is -2.05. The van der Waals surface area contributed by atoms with Crippen molar-refractivity contribution in [1.82, 2.24) is 0 Å². The maximum absolute atomic E-state index is 13.4. The molecule has 88 valence electrons. The van der Waals surface area contributed by atoms with Crippen LogP contribution in [-0.2, 0) is 0 Å². The van der Waals surface area contributed by atoms with Gasteiger partial charge in [-0.3, -0.25) is 4.79 Å². The van der Waals surface area contributed by atoms with Gasteiger partial charge in [-0.25, -0.2) is 4.39 Å². The molecule has 0 atom stereocenters. The number of benzene rings is 2. The number of anilines is 1. The third-order valence-electron chi connectivity index (χ3n) is 2.39. The molecule has 0 saturated heterocycles. The Kier molecular flexibility index (Phi) is 3.35. The van der Waals surface area contributed by atoms with Crippen LogP contribution in [0.4, 0.5) is 10.1 Å². The van der Waals surface area contributed by atoms with Crippen molar-refractivity contribution in [2.24, 2.45) is 0 Å². The molecule has 0 aliphatic rings. The zero-order valence-corrected chi connectivity index (χ0v) is 9.35. The highest BCUT2D eigenvalue weighted by molar-refractivity contribution is 6.04. The van der Waals surface area contributed by atoms with Crippen LogP contribution in [0, 0.1) is 17.1 Å². The lowest BCUT2D eigenvalue weighted by molar-refractivity contribution is 0.102. The molecule has 0 spiro atoms. The minimum Gasteiger partial charge on any atom is -0.322 e. The van der Waals surface area contributed by atoms with E-state index >= 15 is 0 Å². The third kappa shape index (κ3) is 2.53. The molecule has 0 heterocycles. The molecule has 1 amide bonds. The monoisotopic (exact) mass is 240 g/mol. The van der Waals surface area contributed by atoms with E-state index in [2.05, 4.69) is 5.32 Å². The molecule has 0 aromatic heterocycles. The first-order valence-corrected chi connectivity index (χ1v) is 5.27. The molecule has 0 aliphatic heterocycles. The van der Waals surface area contributed by atoms with Gasteiger partial charge in [-0.1, -0.05) is 12.1 Å². The van der Waals surface area contributed by atoms with Crippen LogP contribution < -0.4 is 5.32 Å². The second-order valence-electron chi connectivity index (χ2n) is 3.62. The molecule has 3 nitrogen and oxygen atoms in total. The standard InChI is InChI=1S/C14H9FN2O/c15-13-4-2-1-3-12(13)14(18)17-11-7-5-10(9-16)6-8-11/h1-8H,(H,17,18). The minimum absolute atomic E-state index is 0.0122. The Morgan fingerprint density at radius 2 is 1.78 bits per heavy atom. The molecule has 2 rings (SSSR count). The highest BCUT2D eigenvalue weighted by atomic mass is 19.1. The Labute approximate surface area is 103 Å². The summed E-state index contributed by atoms with van der Waals surface area (Å²) < 4.78 is 13.4. The fourth-order valence-corrected chi connectivity index (χ4v) is 1.47. The lowest BCUT2D eigenvalue weighted by Crippen LogP contribution is -2.13. The average Bonchev–Trinajstić information content (AvgIpc) is 2.40. The fourth-order valence-electron chi connectivity index (χ4n) is 1.47. The van der Waals surface area contributed by atoms with E-state index in [-0.39, 0.29) is 5.56 Å². The van der Waals surface area contributed by atoms with E-state index in [1.165, 1.54) is 18.2 Å². The summed E-state index contributed by atoms with van der Waals surface area (Å²) in [5.41, 5.74) is 1.00. The zero-order chi connectivity index (χ0) is 13.0. The largest absolute Gasteiger partial charge is 0.322 e. The second-order valence-corrected chi connectivity index (χ2v) is 3.62. The van der Waals surface area contributed by atoms with Crippen molar-refractivity contribution in [2.45, 2.75) is 0 Å². The number of nitriles is 1. The summed E-state index contributed by atoms with van der Waals surface area (Å²) in [7, 11) is 0. The van der Waals surface area contributed by atoms with Crippen LogP contribution in [0.5, 0.6) is 0 Å². The number of rotatable bonds is 2. The Morgan fingerprint density at radius 1 is 1.11 bits per heavy atom. The summed E-state index contributed by atoms with van der Waals surface area (Å²) in [5, 5.41) is 11.2. The predicted octanol–water partition coefficient (Wildman–Crippen LogP) is 2.95. The fraction of sp³-hybridized carbons (Fsp3) is 0. The molecule has 0 aliphatic carbocycles. The number of amides is 1. The Morgan fingerprint density at radius 3 is 2.39 bits per heavy atom. The van der Waals surface area contributed by atoms with Crippen LogP contribution in [0.3, 0.4) is 0 Å². The molecule has 18 heavy (non-hydrogen) atoms. The molecule has 2 aromatic carbocycles. The van der Waals surface area contributed by atoms with E-state index in [1.807, 2.05) is 6.07 Å². The second kappa shape index (κ2) is 5.11. The maximum Gasteiger partial charge on any atom is 0.258 e. The average molecular weight is 240 g/mol. The van der Waals surface area contributed by atoms with E-state index in [0.717, 1.165) is 0 Å². The van der Waals surface area contributed by atoms with E-state index in [0.29, 0.717) is 11.3 Å². The number of nitrogens with zero attached hydrogens (tertiary/aromatic N) is 1. The van der Waals surface area contributed by atoms with Crippen LogP contribution in [0.15, 0.2) is 48.5 Å². The first-order valence-electron chi connectivity index (χ1n) is 5.27. The van der Waals surface area contributed by atoms with Gasteiger partial charge in [-0.05, 0) is 36.4 Å². The third-order valence-corrected chi connectivity index (χ3v) is 2.39. The number of hydrogen-bond acceptors (Lipinski definition) is 2. The van der Waals surface area contributed by atoms with Crippen LogP contribution in [0.1, 0.15) is 15.9 Å². The van der Waals surface area contributed by atoms with Gasteiger partial charge in [-0.2, -0.15) is 5.26 Å². The molecule has 0 radical (unpaired) electrons. The summed E-state index contributed by atoms with van der Waals surface area (Å²) >= 11 is 0. The molecule has 0 fully saturated rings. The van der Waals surface area contributed by atoms with E-state index in [9.17, 15) is 9.18 Å². The van der Waals surface area contributed by atoms with E-state index in [4.69, 9.17) is 5.26 Å².